The molecule has 1 saturated heterocycles. The van der Waals surface area contributed by atoms with Gasteiger partial charge in [0.15, 0.2) is 0 Å². The van der Waals surface area contributed by atoms with Gasteiger partial charge < -0.3 is 10.2 Å². The van der Waals surface area contributed by atoms with E-state index in [1.807, 2.05) is 42.2 Å². The number of likely N-dealkylation sites (tertiary alicyclic amines) is 1. The number of piperidine rings is 1. The zero-order chi connectivity index (χ0) is 23.1. The average molecular weight is 442 g/mol. The molecule has 1 aromatic heterocycles. The van der Waals surface area contributed by atoms with Crippen molar-refractivity contribution < 1.29 is 9.59 Å². The number of carbonyl (C=O) groups excluding carboxylic acids is 2. The fourth-order valence-electron chi connectivity index (χ4n) is 4.73. The number of nitrogens with zero attached hydrogens (tertiary/aromatic N) is 2. The summed E-state index contributed by atoms with van der Waals surface area (Å²) in [6.07, 6.45) is 5.95. The summed E-state index contributed by atoms with van der Waals surface area (Å²) in [5.74, 6) is 0.0896. The van der Waals surface area contributed by atoms with Crippen LogP contribution in [0.15, 0.2) is 79.1 Å². The van der Waals surface area contributed by atoms with Crippen LogP contribution in [-0.4, -0.2) is 41.3 Å². The van der Waals surface area contributed by atoms with Crippen molar-refractivity contribution in [3.8, 4) is 11.1 Å². The Hall–Kier alpha value is -3.47. The lowest BCUT2D eigenvalue weighted by Gasteiger charge is -2.42. The molecular formula is C28H31N3O2. The molecule has 2 aromatic carbocycles. The molecule has 0 aliphatic carbocycles. The van der Waals surface area contributed by atoms with Gasteiger partial charge >= 0.3 is 0 Å². The summed E-state index contributed by atoms with van der Waals surface area (Å²) in [4.78, 5) is 32.3. The maximum Gasteiger partial charge on any atom is 0.228 e. The number of hydrogen-bond donors (Lipinski definition) is 1. The molecule has 1 fully saturated rings. The van der Waals surface area contributed by atoms with Crippen molar-refractivity contribution in [1.29, 1.82) is 0 Å². The molecule has 0 radical (unpaired) electrons. The minimum atomic E-state index is -0.618. The van der Waals surface area contributed by atoms with Crippen molar-refractivity contribution in [2.24, 2.45) is 5.41 Å². The van der Waals surface area contributed by atoms with Crippen LogP contribution in [0.5, 0.6) is 0 Å². The summed E-state index contributed by atoms with van der Waals surface area (Å²) in [5, 5.41) is 3.04. The molecular weight excluding hydrogens is 410 g/mol. The molecule has 0 bridgehead atoms. The molecule has 2 heterocycles. The maximum absolute atomic E-state index is 13.3. The van der Waals surface area contributed by atoms with Gasteiger partial charge in [-0.1, -0.05) is 60.7 Å². The van der Waals surface area contributed by atoms with Gasteiger partial charge in [-0.25, -0.2) is 0 Å². The van der Waals surface area contributed by atoms with E-state index < -0.39 is 5.41 Å². The summed E-state index contributed by atoms with van der Waals surface area (Å²) in [6, 6.07) is 22.5. The van der Waals surface area contributed by atoms with Crippen LogP contribution in [0.3, 0.4) is 0 Å². The molecule has 1 aliphatic heterocycles. The monoisotopic (exact) mass is 441 g/mol. The second kappa shape index (κ2) is 10.4. The van der Waals surface area contributed by atoms with E-state index in [1.54, 1.807) is 12.4 Å². The van der Waals surface area contributed by atoms with Crippen molar-refractivity contribution in [2.75, 3.05) is 19.6 Å². The van der Waals surface area contributed by atoms with Gasteiger partial charge in [-0.2, -0.15) is 0 Å². The summed E-state index contributed by atoms with van der Waals surface area (Å²) in [5.41, 5.74) is 3.72. The Morgan fingerprint density at radius 2 is 1.73 bits per heavy atom. The number of carbonyl (C=O) groups is 2. The molecule has 2 amide bonds. The van der Waals surface area contributed by atoms with Crippen molar-refractivity contribution >= 4 is 11.8 Å². The van der Waals surface area contributed by atoms with Gasteiger partial charge in [0, 0.05) is 32.0 Å². The van der Waals surface area contributed by atoms with Crippen LogP contribution < -0.4 is 5.32 Å². The number of pyridine rings is 1. The van der Waals surface area contributed by atoms with Gasteiger partial charge in [0.2, 0.25) is 11.8 Å². The Labute approximate surface area is 195 Å². The third-order valence-electron chi connectivity index (χ3n) is 6.43. The van der Waals surface area contributed by atoms with Crippen molar-refractivity contribution in [3.63, 3.8) is 0 Å². The first kappa shape index (κ1) is 22.7. The maximum atomic E-state index is 13.3. The highest BCUT2D eigenvalue weighted by Crippen LogP contribution is 2.35. The van der Waals surface area contributed by atoms with Crippen LogP contribution in [0.4, 0.5) is 0 Å². The van der Waals surface area contributed by atoms with Crippen LogP contribution in [-0.2, 0) is 22.4 Å². The molecule has 4 rings (SSSR count). The van der Waals surface area contributed by atoms with E-state index in [0.29, 0.717) is 32.5 Å². The molecule has 1 aliphatic rings. The Kier molecular flexibility index (Phi) is 7.18. The van der Waals surface area contributed by atoms with Gasteiger partial charge in [-0.05, 0) is 54.5 Å². The summed E-state index contributed by atoms with van der Waals surface area (Å²) < 4.78 is 0. The highest BCUT2D eigenvalue weighted by Gasteiger charge is 2.43. The third-order valence-corrected chi connectivity index (χ3v) is 6.43. The molecule has 1 N–H and O–H groups in total. The first-order valence-electron chi connectivity index (χ1n) is 11.7. The van der Waals surface area contributed by atoms with Gasteiger partial charge in [-0.15, -0.1) is 0 Å². The van der Waals surface area contributed by atoms with E-state index in [4.69, 9.17) is 0 Å². The molecule has 0 spiro atoms. The van der Waals surface area contributed by atoms with Crippen molar-refractivity contribution in [1.82, 2.24) is 15.2 Å². The molecule has 170 valence electrons. The van der Waals surface area contributed by atoms with E-state index in [2.05, 4.69) is 46.7 Å². The van der Waals surface area contributed by atoms with Crippen LogP contribution in [0.25, 0.3) is 11.1 Å². The van der Waals surface area contributed by atoms with Crippen molar-refractivity contribution in [2.45, 2.75) is 32.6 Å². The topological polar surface area (TPSA) is 62.3 Å². The van der Waals surface area contributed by atoms with Crippen LogP contribution in [0.2, 0.25) is 0 Å². The minimum Gasteiger partial charge on any atom is -0.356 e. The number of nitrogens with one attached hydrogen (secondary N) is 1. The smallest absolute Gasteiger partial charge is 0.228 e. The summed E-state index contributed by atoms with van der Waals surface area (Å²) in [7, 11) is 0. The Morgan fingerprint density at radius 1 is 0.970 bits per heavy atom. The lowest BCUT2D eigenvalue weighted by atomic mass is 9.74. The summed E-state index contributed by atoms with van der Waals surface area (Å²) in [6.45, 7) is 3.65. The van der Waals surface area contributed by atoms with E-state index in [-0.39, 0.29) is 11.8 Å². The lowest BCUT2D eigenvalue weighted by molar-refractivity contribution is -0.141. The lowest BCUT2D eigenvalue weighted by Crippen LogP contribution is -2.54. The van der Waals surface area contributed by atoms with E-state index in [9.17, 15) is 9.59 Å². The van der Waals surface area contributed by atoms with Crippen molar-refractivity contribution in [3.05, 3.63) is 90.3 Å². The van der Waals surface area contributed by atoms with E-state index in [1.165, 1.54) is 5.56 Å². The second-order valence-corrected chi connectivity index (χ2v) is 8.84. The Balaban J connectivity index is 1.53. The van der Waals surface area contributed by atoms with Crippen LogP contribution >= 0.6 is 0 Å². The molecule has 33 heavy (non-hydrogen) atoms. The van der Waals surface area contributed by atoms with Gasteiger partial charge in [-0.3, -0.25) is 14.6 Å². The molecule has 0 saturated carbocycles. The molecule has 0 unspecified atom stereocenters. The third kappa shape index (κ3) is 5.48. The quantitative estimate of drug-likeness (QED) is 0.595. The molecule has 1 atom stereocenters. The van der Waals surface area contributed by atoms with Crippen LogP contribution in [0.1, 0.15) is 30.9 Å². The number of aromatic nitrogens is 1. The first-order valence-corrected chi connectivity index (χ1v) is 11.7. The summed E-state index contributed by atoms with van der Waals surface area (Å²) >= 11 is 0. The fourth-order valence-corrected chi connectivity index (χ4v) is 4.73. The van der Waals surface area contributed by atoms with Gasteiger partial charge in [0.25, 0.3) is 0 Å². The van der Waals surface area contributed by atoms with Crippen LogP contribution in [0, 0.1) is 5.41 Å². The second-order valence-electron chi connectivity index (χ2n) is 8.84. The molecule has 3 aromatic rings. The molecule has 5 nitrogen and oxygen atoms in total. The largest absolute Gasteiger partial charge is 0.356 e. The minimum absolute atomic E-state index is 0.0380. The highest BCUT2D eigenvalue weighted by atomic mass is 16.2. The average Bonchev–Trinajstić information content (AvgIpc) is 2.86. The number of rotatable bonds is 7. The SMILES string of the molecule is CCNC(=O)[C@@]1(Cc2ccc(-c3ccccc3)cc2)CCCN(C(=O)Cc2cccnc2)C1. The Bertz CT molecular complexity index is 1070. The fraction of sp³-hybridized carbons (Fsp3) is 0.321. The van der Waals surface area contributed by atoms with E-state index in [0.717, 1.165) is 29.5 Å². The highest BCUT2D eigenvalue weighted by molar-refractivity contribution is 5.85. The van der Waals surface area contributed by atoms with E-state index >= 15 is 0 Å². The number of benzene rings is 2. The normalized spacial score (nSPS) is 18.0. The zero-order valence-electron chi connectivity index (χ0n) is 19.2. The predicted molar refractivity (Wildman–Crippen MR) is 130 cm³/mol. The van der Waals surface area contributed by atoms with Gasteiger partial charge in [0.1, 0.15) is 0 Å². The number of hydrogen-bond acceptors (Lipinski definition) is 3. The predicted octanol–water partition coefficient (Wildman–Crippen LogP) is 4.28. The first-order chi connectivity index (χ1) is 16.1. The standard InChI is InChI=1S/C28H31N3O2/c1-2-30-27(33)28(19-22-11-13-25(14-12-22)24-9-4-3-5-10-24)15-7-17-31(21-28)26(32)18-23-8-6-16-29-20-23/h3-6,8-14,16,20H,2,7,15,17-19,21H2,1H3,(H,30,33)/t28-/m1/s1. The zero-order valence-corrected chi connectivity index (χ0v) is 19.2. The van der Waals surface area contributed by atoms with Gasteiger partial charge in [0.05, 0.1) is 11.8 Å². The number of amides is 2. The Morgan fingerprint density at radius 3 is 2.42 bits per heavy atom. The molecule has 5 heteroatoms.